The standard InChI is InChI=1S/C17H17BF4N4O5S/c1-16(29,15(28)24-12-6-10(17(20,21)22)13(18)26-25-12)7-32(30,31)8-3-4-9(11(19)5-8)14(27)23-2/h3-6,29H,7,18H2,1-2H3,(H,23,27)(H,24,25,28)/t16-/m0/s1. The van der Waals surface area contributed by atoms with Crippen molar-refractivity contribution in [2.24, 2.45) is 0 Å². The van der Waals surface area contributed by atoms with Gasteiger partial charge in [0.25, 0.3) is 11.8 Å². The van der Waals surface area contributed by atoms with Crippen molar-refractivity contribution in [3.8, 4) is 0 Å². The van der Waals surface area contributed by atoms with Crippen LogP contribution in [0.15, 0.2) is 29.2 Å². The van der Waals surface area contributed by atoms with Gasteiger partial charge in [-0.25, -0.2) is 12.8 Å². The van der Waals surface area contributed by atoms with E-state index >= 15 is 0 Å². The third-order valence-electron chi connectivity index (χ3n) is 4.26. The SMILES string of the molecule is Bc1nnc(NC(=O)[C@@](C)(O)CS(=O)(=O)c2ccc(C(=O)NC)c(F)c2)cc1C(F)(F)F. The van der Waals surface area contributed by atoms with E-state index in [1.165, 1.54) is 7.05 Å². The van der Waals surface area contributed by atoms with Gasteiger partial charge >= 0.3 is 6.18 Å². The van der Waals surface area contributed by atoms with Gasteiger partial charge in [0, 0.05) is 12.6 Å². The molecule has 0 saturated carbocycles. The molecule has 15 heteroatoms. The molecule has 0 fully saturated rings. The predicted octanol–water partition coefficient (Wildman–Crippen LogP) is -0.584. The third-order valence-corrected chi connectivity index (χ3v) is 6.17. The van der Waals surface area contributed by atoms with Gasteiger partial charge < -0.3 is 15.7 Å². The highest BCUT2D eigenvalue weighted by atomic mass is 32.2. The number of rotatable bonds is 6. The first-order valence-electron chi connectivity index (χ1n) is 8.78. The van der Waals surface area contributed by atoms with Crippen LogP contribution >= 0.6 is 0 Å². The van der Waals surface area contributed by atoms with Gasteiger partial charge in [0.05, 0.1) is 21.8 Å². The molecule has 0 aliphatic rings. The summed E-state index contributed by atoms with van der Waals surface area (Å²) in [6.07, 6.45) is -4.78. The first-order chi connectivity index (χ1) is 14.6. The van der Waals surface area contributed by atoms with E-state index in [0.717, 1.165) is 26.9 Å². The number of aliphatic hydroxyl groups is 1. The summed E-state index contributed by atoms with van der Waals surface area (Å²) in [5.74, 6) is -5.23. The predicted molar refractivity (Wildman–Crippen MR) is 106 cm³/mol. The number of hydrogen-bond acceptors (Lipinski definition) is 7. The first-order valence-corrected chi connectivity index (χ1v) is 10.4. The van der Waals surface area contributed by atoms with Crippen LogP contribution in [-0.4, -0.2) is 61.8 Å². The number of anilines is 1. The minimum Gasteiger partial charge on any atom is -0.379 e. The zero-order chi connectivity index (χ0) is 24.5. The van der Waals surface area contributed by atoms with Crippen LogP contribution in [-0.2, 0) is 20.8 Å². The number of carbonyl (C=O) groups excluding carboxylic acids is 2. The average molecular weight is 476 g/mol. The number of sulfone groups is 1. The number of nitrogens with zero attached hydrogens (tertiary/aromatic N) is 2. The van der Waals surface area contributed by atoms with E-state index in [-0.39, 0.29) is 0 Å². The molecule has 0 saturated heterocycles. The Hall–Kier alpha value is -3.07. The molecule has 1 aromatic heterocycles. The second kappa shape index (κ2) is 8.82. The number of nitrogens with one attached hydrogen (secondary N) is 2. The second-order valence-corrected chi connectivity index (χ2v) is 8.92. The van der Waals surface area contributed by atoms with Crippen molar-refractivity contribution < 1.29 is 40.7 Å². The van der Waals surface area contributed by atoms with Crippen LogP contribution in [0.4, 0.5) is 23.4 Å². The number of carbonyl (C=O) groups is 2. The van der Waals surface area contributed by atoms with Crippen molar-refractivity contribution in [2.75, 3.05) is 18.1 Å². The van der Waals surface area contributed by atoms with E-state index in [0.29, 0.717) is 12.1 Å². The number of alkyl halides is 3. The molecule has 0 aliphatic heterocycles. The normalized spacial score (nSPS) is 13.8. The van der Waals surface area contributed by atoms with E-state index in [1.54, 1.807) is 0 Å². The summed E-state index contributed by atoms with van der Waals surface area (Å²) < 4.78 is 78.1. The highest BCUT2D eigenvalue weighted by Gasteiger charge is 2.38. The van der Waals surface area contributed by atoms with Crippen molar-refractivity contribution in [2.45, 2.75) is 23.6 Å². The number of halogens is 4. The monoisotopic (exact) mass is 476 g/mol. The topological polar surface area (TPSA) is 138 Å². The first kappa shape index (κ1) is 25.2. The fraction of sp³-hybridized carbons (Fsp3) is 0.294. The molecule has 2 rings (SSSR count). The Kier molecular flexibility index (Phi) is 6.95. The number of benzene rings is 1. The van der Waals surface area contributed by atoms with Crippen LogP contribution in [0.3, 0.4) is 0 Å². The van der Waals surface area contributed by atoms with E-state index in [4.69, 9.17) is 0 Å². The van der Waals surface area contributed by atoms with Gasteiger partial charge in [-0.05, 0) is 31.2 Å². The second-order valence-electron chi connectivity index (χ2n) is 6.93. The third kappa shape index (κ3) is 5.59. The van der Waals surface area contributed by atoms with Gasteiger partial charge in [-0.2, -0.15) is 18.3 Å². The summed E-state index contributed by atoms with van der Waals surface area (Å²) in [6, 6.07) is 2.86. The Labute approximate surface area is 180 Å². The van der Waals surface area contributed by atoms with E-state index in [2.05, 4.69) is 15.5 Å². The lowest BCUT2D eigenvalue weighted by molar-refractivity contribution is -0.137. The Morgan fingerprint density at radius 1 is 1.19 bits per heavy atom. The molecule has 2 amide bonds. The summed E-state index contributed by atoms with van der Waals surface area (Å²) >= 11 is 0. The minimum absolute atomic E-state index is 0.422. The fourth-order valence-electron chi connectivity index (χ4n) is 2.58. The molecule has 0 bridgehead atoms. The molecule has 0 radical (unpaired) electrons. The molecule has 1 atom stereocenters. The summed E-state index contributed by atoms with van der Waals surface area (Å²) in [7, 11) is -2.16. The van der Waals surface area contributed by atoms with Crippen LogP contribution in [0, 0.1) is 5.82 Å². The van der Waals surface area contributed by atoms with Gasteiger partial charge in [-0.1, -0.05) is 0 Å². The molecule has 0 aliphatic carbocycles. The number of amides is 2. The molecule has 1 aromatic carbocycles. The van der Waals surface area contributed by atoms with Gasteiger partial charge in [-0.3, -0.25) is 9.59 Å². The van der Waals surface area contributed by atoms with E-state index in [9.17, 15) is 40.7 Å². The lowest BCUT2D eigenvalue weighted by Gasteiger charge is -2.22. The summed E-state index contributed by atoms with van der Waals surface area (Å²) in [6.45, 7) is 0.807. The van der Waals surface area contributed by atoms with Crippen LogP contribution < -0.4 is 16.2 Å². The van der Waals surface area contributed by atoms with Gasteiger partial charge in [0.15, 0.2) is 29.1 Å². The molecule has 3 N–H and O–H groups in total. The van der Waals surface area contributed by atoms with Crippen LogP contribution in [0.25, 0.3) is 0 Å². The zero-order valence-corrected chi connectivity index (χ0v) is 17.7. The van der Waals surface area contributed by atoms with Gasteiger partial charge in [-0.15, -0.1) is 5.10 Å². The van der Waals surface area contributed by atoms with Crippen LogP contribution in [0.1, 0.15) is 22.8 Å². The maximum atomic E-state index is 14.1. The molecule has 9 nitrogen and oxygen atoms in total. The molecular weight excluding hydrogens is 459 g/mol. The highest BCUT2D eigenvalue weighted by Crippen LogP contribution is 2.28. The zero-order valence-electron chi connectivity index (χ0n) is 16.9. The van der Waals surface area contributed by atoms with Crippen molar-refractivity contribution in [1.29, 1.82) is 0 Å². The van der Waals surface area contributed by atoms with Crippen molar-refractivity contribution in [3.63, 3.8) is 0 Å². The van der Waals surface area contributed by atoms with Gasteiger partial charge in [0.1, 0.15) is 5.82 Å². The molecule has 0 unspecified atom stereocenters. The fourth-order valence-corrected chi connectivity index (χ4v) is 4.17. The average Bonchev–Trinajstić information content (AvgIpc) is 2.67. The molecule has 172 valence electrons. The Bertz CT molecular complexity index is 1170. The molecule has 0 spiro atoms. The Balaban J connectivity index is 2.26. The minimum atomic E-state index is -4.78. The lowest BCUT2D eigenvalue weighted by Crippen LogP contribution is -2.46. The summed E-state index contributed by atoms with van der Waals surface area (Å²) in [5, 5.41) is 21.1. The highest BCUT2D eigenvalue weighted by molar-refractivity contribution is 7.91. The van der Waals surface area contributed by atoms with E-state index in [1.807, 2.05) is 5.32 Å². The van der Waals surface area contributed by atoms with Crippen molar-refractivity contribution in [1.82, 2.24) is 15.5 Å². The number of hydrogen-bond donors (Lipinski definition) is 3. The van der Waals surface area contributed by atoms with Crippen LogP contribution in [0.2, 0.25) is 0 Å². The summed E-state index contributed by atoms with van der Waals surface area (Å²) in [4.78, 5) is 23.2. The largest absolute Gasteiger partial charge is 0.417 e. The van der Waals surface area contributed by atoms with Gasteiger partial charge in [0.2, 0.25) is 0 Å². The molecular formula is C17H17BF4N4O5S. The molecule has 32 heavy (non-hydrogen) atoms. The molecule has 2 aromatic rings. The Morgan fingerprint density at radius 2 is 1.81 bits per heavy atom. The van der Waals surface area contributed by atoms with Crippen molar-refractivity contribution in [3.05, 3.63) is 41.2 Å². The number of aromatic nitrogens is 2. The maximum absolute atomic E-state index is 14.1. The quantitative estimate of drug-likeness (QED) is 0.375. The maximum Gasteiger partial charge on any atom is 0.417 e. The van der Waals surface area contributed by atoms with Crippen molar-refractivity contribution >= 4 is 40.9 Å². The lowest BCUT2D eigenvalue weighted by atomic mass is 9.98. The Morgan fingerprint density at radius 3 is 2.34 bits per heavy atom. The van der Waals surface area contributed by atoms with E-state index < -0.39 is 72.4 Å². The van der Waals surface area contributed by atoms with Crippen LogP contribution in [0.5, 0.6) is 0 Å². The molecule has 1 heterocycles. The smallest absolute Gasteiger partial charge is 0.379 e. The summed E-state index contributed by atoms with van der Waals surface area (Å²) in [5.41, 5.74) is -4.69.